The molecule has 1 rings (SSSR count). The highest BCUT2D eigenvalue weighted by Gasteiger charge is 2.29. The summed E-state index contributed by atoms with van der Waals surface area (Å²) in [6.07, 6.45) is 1.11. The minimum Gasteiger partial charge on any atom is -0.315 e. The van der Waals surface area contributed by atoms with Gasteiger partial charge in [0.25, 0.3) is 0 Å². The number of hydrogen-bond donors (Lipinski definition) is 2. The zero-order chi connectivity index (χ0) is 8.32. The first-order valence-electron chi connectivity index (χ1n) is 4.04. The van der Waals surface area contributed by atoms with Gasteiger partial charge in [-0.2, -0.15) is 5.26 Å². The maximum atomic E-state index is 8.58. The zero-order valence-electron chi connectivity index (χ0n) is 7.15. The molecule has 0 aromatic carbocycles. The molecule has 2 atom stereocenters. The summed E-state index contributed by atoms with van der Waals surface area (Å²) in [7, 11) is 0. The van der Waals surface area contributed by atoms with Gasteiger partial charge in [0.2, 0.25) is 0 Å². The number of nitrogens with zero attached hydrogens (tertiary/aromatic N) is 1. The molecule has 0 spiro atoms. The van der Waals surface area contributed by atoms with Gasteiger partial charge in [-0.1, -0.05) is 0 Å². The second-order valence-corrected chi connectivity index (χ2v) is 3.48. The molecular formula is C8H15N3. The minimum absolute atomic E-state index is 0.0418. The van der Waals surface area contributed by atoms with E-state index in [0.29, 0.717) is 0 Å². The molecule has 1 fully saturated rings. The fourth-order valence-electron chi connectivity index (χ4n) is 1.50. The smallest absolute Gasteiger partial charge is 0.0929 e. The Balaban J connectivity index is 2.41. The molecule has 0 radical (unpaired) electrons. The molecule has 1 saturated heterocycles. The summed E-state index contributed by atoms with van der Waals surface area (Å²) in [5.74, 6) is 0. The van der Waals surface area contributed by atoms with Crippen LogP contribution in [0, 0.1) is 11.3 Å². The van der Waals surface area contributed by atoms with E-state index in [4.69, 9.17) is 5.26 Å². The van der Waals surface area contributed by atoms with Gasteiger partial charge in [-0.25, -0.2) is 0 Å². The Labute approximate surface area is 67.8 Å². The number of hydrogen-bond acceptors (Lipinski definition) is 3. The molecule has 0 amide bonds. The summed E-state index contributed by atoms with van der Waals surface area (Å²) < 4.78 is 0. The van der Waals surface area contributed by atoms with Crippen LogP contribution < -0.4 is 10.6 Å². The molecule has 0 aliphatic carbocycles. The molecule has 1 aliphatic heterocycles. The average Bonchev–Trinajstić information content (AvgIpc) is 2.36. The minimum atomic E-state index is -0.0418. The number of nitriles is 1. The number of rotatable bonds is 2. The Bertz CT molecular complexity index is 165. The molecular weight excluding hydrogens is 138 g/mol. The fourth-order valence-corrected chi connectivity index (χ4v) is 1.50. The molecule has 1 heterocycles. The van der Waals surface area contributed by atoms with Crippen LogP contribution in [0.1, 0.15) is 20.3 Å². The first-order chi connectivity index (χ1) is 5.16. The fraction of sp³-hybridized carbons (Fsp3) is 0.875. The third kappa shape index (κ3) is 2.18. The van der Waals surface area contributed by atoms with Crippen molar-refractivity contribution >= 4 is 0 Å². The molecule has 2 unspecified atom stereocenters. The lowest BCUT2D eigenvalue weighted by Gasteiger charge is -2.25. The Hall–Kier alpha value is -0.590. The van der Waals surface area contributed by atoms with Crippen molar-refractivity contribution < 1.29 is 0 Å². The zero-order valence-corrected chi connectivity index (χ0v) is 7.15. The second kappa shape index (κ2) is 3.21. The molecule has 1 aliphatic rings. The number of nitrogens with one attached hydrogen (secondary N) is 2. The van der Waals surface area contributed by atoms with E-state index >= 15 is 0 Å². The Morgan fingerprint density at radius 3 is 2.91 bits per heavy atom. The molecule has 62 valence electrons. The monoisotopic (exact) mass is 153 g/mol. The van der Waals surface area contributed by atoms with Gasteiger partial charge >= 0.3 is 0 Å². The molecule has 0 saturated carbocycles. The summed E-state index contributed by atoms with van der Waals surface area (Å²) >= 11 is 0. The first kappa shape index (κ1) is 8.51. The highest BCUT2D eigenvalue weighted by atomic mass is 15.1. The van der Waals surface area contributed by atoms with Crippen LogP contribution in [0.4, 0.5) is 0 Å². The average molecular weight is 153 g/mol. The summed E-state index contributed by atoms with van der Waals surface area (Å²) in [6.45, 7) is 6.07. The van der Waals surface area contributed by atoms with Crippen LogP contribution in [0.25, 0.3) is 0 Å². The van der Waals surface area contributed by atoms with Crippen molar-refractivity contribution in [2.45, 2.75) is 31.8 Å². The van der Waals surface area contributed by atoms with E-state index < -0.39 is 0 Å². The van der Waals surface area contributed by atoms with Gasteiger partial charge < -0.3 is 5.32 Å². The summed E-state index contributed by atoms with van der Waals surface area (Å²) in [5.41, 5.74) is 0.134. The van der Waals surface area contributed by atoms with Crippen LogP contribution >= 0.6 is 0 Å². The lowest BCUT2D eigenvalue weighted by atomic mass is 10.0. The van der Waals surface area contributed by atoms with E-state index in [0.717, 1.165) is 19.5 Å². The standard InChI is InChI=1S/C8H15N3/c1-7(5-9)11-8(2)3-4-10-6-8/h7,10-11H,3-4,6H2,1-2H3. The van der Waals surface area contributed by atoms with Crippen LogP contribution in [0.15, 0.2) is 0 Å². The van der Waals surface area contributed by atoms with Crippen LogP contribution in [0.3, 0.4) is 0 Å². The summed E-state index contributed by atoms with van der Waals surface area (Å²) in [4.78, 5) is 0. The van der Waals surface area contributed by atoms with E-state index in [-0.39, 0.29) is 11.6 Å². The normalized spacial score (nSPS) is 33.2. The SMILES string of the molecule is CC(C#N)NC1(C)CCNC1. The van der Waals surface area contributed by atoms with E-state index in [1.54, 1.807) is 0 Å². The molecule has 0 aromatic heterocycles. The van der Waals surface area contributed by atoms with Crippen molar-refractivity contribution in [1.82, 2.24) is 10.6 Å². The van der Waals surface area contributed by atoms with Crippen LogP contribution in [0.2, 0.25) is 0 Å². The predicted molar refractivity (Wildman–Crippen MR) is 44.1 cm³/mol. The second-order valence-electron chi connectivity index (χ2n) is 3.48. The third-order valence-corrected chi connectivity index (χ3v) is 2.13. The van der Waals surface area contributed by atoms with Crippen molar-refractivity contribution in [2.24, 2.45) is 0 Å². The maximum Gasteiger partial charge on any atom is 0.0929 e. The van der Waals surface area contributed by atoms with Gasteiger partial charge in [0.05, 0.1) is 12.1 Å². The largest absolute Gasteiger partial charge is 0.315 e. The molecule has 0 bridgehead atoms. The third-order valence-electron chi connectivity index (χ3n) is 2.13. The van der Waals surface area contributed by atoms with Crippen LogP contribution in [0.5, 0.6) is 0 Å². The van der Waals surface area contributed by atoms with Gasteiger partial charge in [-0.15, -0.1) is 0 Å². The topological polar surface area (TPSA) is 47.9 Å². The van der Waals surface area contributed by atoms with Crippen LogP contribution in [-0.2, 0) is 0 Å². The van der Waals surface area contributed by atoms with Gasteiger partial charge in [-0.05, 0) is 26.8 Å². The van der Waals surface area contributed by atoms with Gasteiger partial charge in [0.1, 0.15) is 0 Å². The maximum absolute atomic E-state index is 8.58. The van der Waals surface area contributed by atoms with Crippen molar-refractivity contribution in [3.8, 4) is 6.07 Å². The summed E-state index contributed by atoms with van der Waals surface area (Å²) in [6, 6.07) is 2.14. The molecule has 3 nitrogen and oxygen atoms in total. The van der Waals surface area contributed by atoms with Gasteiger partial charge in [-0.3, -0.25) is 5.32 Å². The van der Waals surface area contributed by atoms with Crippen molar-refractivity contribution in [3.63, 3.8) is 0 Å². The van der Waals surface area contributed by atoms with E-state index in [1.165, 1.54) is 0 Å². The highest BCUT2D eigenvalue weighted by molar-refractivity contribution is 4.98. The molecule has 11 heavy (non-hydrogen) atoms. The lowest BCUT2D eigenvalue weighted by molar-refractivity contribution is 0.372. The van der Waals surface area contributed by atoms with Gasteiger partial charge in [0.15, 0.2) is 0 Å². The molecule has 0 aromatic rings. The lowest BCUT2D eigenvalue weighted by Crippen LogP contribution is -2.48. The molecule has 3 heteroatoms. The van der Waals surface area contributed by atoms with Crippen molar-refractivity contribution in [2.75, 3.05) is 13.1 Å². The summed E-state index contributed by atoms with van der Waals surface area (Å²) in [5, 5.41) is 15.1. The van der Waals surface area contributed by atoms with Crippen LogP contribution in [-0.4, -0.2) is 24.7 Å². The Morgan fingerprint density at radius 1 is 1.73 bits per heavy atom. The van der Waals surface area contributed by atoms with Crippen molar-refractivity contribution in [3.05, 3.63) is 0 Å². The Kier molecular flexibility index (Phi) is 2.48. The first-order valence-corrected chi connectivity index (χ1v) is 4.04. The van der Waals surface area contributed by atoms with E-state index in [9.17, 15) is 0 Å². The van der Waals surface area contributed by atoms with Crippen molar-refractivity contribution in [1.29, 1.82) is 5.26 Å². The van der Waals surface area contributed by atoms with Gasteiger partial charge in [0, 0.05) is 12.1 Å². The highest BCUT2D eigenvalue weighted by Crippen LogP contribution is 2.13. The quantitative estimate of drug-likeness (QED) is 0.597. The predicted octanol–water partition coefficient (Wildman–Crippen LogP) is 0.240. The van der Waals surface area contributed by atoms with E-state index in [2.05, 4.69) is 23.6 Å². The molecule has 2 N–H and O–H groups in total. The Morgan fingerprint density at radius 2 is 2.45 bits per heavy atom. The van der Waals surface area contributed by atoms with E-state index in [1.807, 2.05) is 6.92 Å².